The lowest BCUT2D eigenvalue weighted by Crippen LogP contribution is -1.90. The molecular weight excluding hydrogens is 395 g/mol. The average Bonchev–Trinajstić information content (AvgIpc) is 2.52. The number of nitrogens with zero attached hydrogens (tertiary/aromatic N) is 1. The van der Waals surface area contributed by atoms with E-state index >= 15 is 0 Å². The zero-order chi connectivity index (χ0) is 16.6. The highest BCUT2D eigenvalue weighted by Gasteiger charge is 2.13. The van der Waals surface area contributed by atoms with Crippen LogP contribution in [0.3, 0.4) is 0 Å². The Hall–Kier alpha value is -0.960. The van der Waals surface area contributed by atoms with Crippen LogP contribution in [0.1, 0.15) is 0 Å². The third-order valence-electron chi connectivity index (χ3n) is 3.27. The molecule has 0 radical (unpaired) electrons. The van der Waals surface area contributed by atoms with Gasteiger partial charge in [-0.2, -0.15) is 0 Å². The summed E-state index contributed by atoms with van der Waals surface area (Å²) in [4.78, 5) is 4.41. The minimum absolute atomic E-state index is 0.308. The second-order valence-corrected chi connectivity index (χ2v) is 6.83. The quantitative estimate of drug-likeness (QED) is 0.400. The van der Waals surface area contributed by atoms with Crippen molar-refractivity contribution in [2.24, 2.45) is 0 Å². The Bertz CT molecular complexity index is 892. The highest BCUT2D eigenvalue weighted by molar-refractivity contribution is 6.37. The van der Waals surface area contributed by atoms with Gasteiger partial charge in [0.15, 0.2) is 0 Å². The molecule has 0 aliphatic carbocycles. The molecule has 3 aromatic rings. The molecule has 0 unspecified atom stereocenters. The van der Waals surface area contributed by atoms with Gasteiger partial charge < -0.3 is 0 Å². The van der Waals surface area contributed by atoms with Gasteiger partial charge in [0.1, 0.15) is 5.15 Å². The van der Waals surface area contributed by atoms with Gasteiger partial charge in [-0.3, -0.25) is 0 Å². The maximum absolute atomic E-state index is 6.34. The van der Waals surface area contributed by atoms with Gasteiger partial charge in [0.25, 0.3) is 0 Å². The Morgan fingerprint density at radius 3 is 1.74 bits per heavy atom. The molecule has 0 atom stereocenters. The number of halogens is 5. The van der Waals surface area contributed by atoms with E-state index in [-0.39, 0.29) is 0 Å². The minimum Gasteiger partial charge on any atom is -0.235 e. The van der Waals surface area contributed by atoms with Gasteiger partial charge in [-0.05, 0) is 48.5 Å². The molecular formula is C17H8Cl5N. The van der Waals surface area contributed by atoms with Crippen LogP contribution in [0.4, 0.5) is 0 Å². The Labute approximate surface area is 158 Å². The molecule has 3 rings (SSSR count). The predicted octanol–water partition coefficient (Wildman–Crippen LogP) is 7.68. The van der Waals surface area contributed by atoms with E-state index in [1.54, 1.807) is 36.4 Å². The summed E-state index contributed by atoms with van der Waals surface area (Å²) in [6.45, 7) is 0. The number of aromatic nitrogens is 1. The molecule has 23 heavy (non-hydrogen) atoms. The molecule has 2 aromatic carbocycles. The van der Waals surface area contributed by atoms with Crippen LogP contribution in [0.2, 0.25) is 25.2 Å². The van der Waals surface area contributed by atoms with Crippen LogP contribution in [0.15, 0.2) is 48.5 Å². The van der Waals surface area contributed by atoms with Crippen LogP contribution in [0.5, 0.6) is 0 Å². The molecule has 116 valence electrons. The van der Waals surface area contributed by atoms with E-state index in [4.69, 9.17) is 58.0 Å². The van der Waals surface area contributed by atoms with Crippen LogP contribution in [-0.2, 0) is 0 Å². The second-order valence-electron chi connectivity index (χ2n) is 4.78. The van der Waals surface area contributed by atoms with E-state index in [0.717, 1.165) is 5.56 Å². The van der Waals surface area contributed by atoms with Crippen LogP contribution in [-0.4, -0.2) is 4.98 Å². The highest BCUT2D eigenvalue weighted by atomic mass is 35.5. The van der Waals surface area contributed by atoms with Gasteiger partial charge in [0, 0.05) is 31.8 Å². The smallest absolute Gasteiger partial charge is 0.137 e. The summed E-state index contributed by atoms with van der Waals surface area (Å²) in [6.07, 6.45) is 0. The largest absolute Gasteiger partial charge is 0.235 e. The van der Waals surface area contributed by atoms with Crippen molar-refractivity contribution in [1.29, 1.82) is 0 Å². The van der Waals surface area contributed by atoms with E-state index in [9.17, 15) is 0 Å². The first-order valence-corrected chi connectivity index (χ1v) is 8.42. The summed E-state index contributed by atoms with van der Waals surface area (Å²) in [5.41, 5.74) is 2.76. The summed E-state index contributed by atoms with van der Waals surface area (Å²) >= 11 is 30.8. The number of hydrogen-bond acceptors (Lipinski definition) is 1. The van der Waals surface area contributed by atoms with Gasteiger partial charge in [0.05, 0.1) is 10.7 Å². The van der Waals surface area contributed by atoms with Crippen molar-refractivity contribution in [3.05, 3.63) is 73.8 Å². The van der Waals surface area contributed by atoms with Gasteiger partial charge in [-0.15, -0.1) is 0 Å². The molecule has 0 N–H and O–H groups in total. The lowest BCUT2D eigenvalue weighted by Gasteiger charge is -2.10. The van der Waals surface area contributed by atoms with Crippen LogP contribution < -0.4 is 0 Å². The zero-order valence-electron chi connectivity index (χ0n) is 11.5. The zero-order valence-corrected chi connectivity index (χ0v) is 15.2. The standard InChI is InChI=1S/C17H8Cl5N/c18-9-1-4-14(20)12(7-9)11-3-6-16(23-17(11)22)13-8-10(19)2-5-15(13)21/h1-8H. The molecule has 0 aliphatic heterocycles. The van der Waals surface area contributed by atoms with Crippen molar-refractivity contribution in [2.75, 3.05) is 0 Å². The molecule has 0 spiro atoms. The fourth-order valence-electron chi connectivity index (χ4n) is 2.18. The topological polar surface area (TPSA) is 12.9 Å². The highest BCUT2D eigenvalue weighted by Crippen LogP contribution is 2.37. The van der Waals surface area contributed by atoms with E-state index in [0.29, 0.717) is 42.1 Å². The van der Waals surface area contributed by atoms with Gasteiger partial charge in [-0.1, -0.05) is 58.0 Å². The molecule has 0 fully saturated rings. The molecule has 0 saturated heterocycles. The molecule has 1 aromatic heterocycles. The third kappa shape index (κ3) is 3.60. The summed E-state index contributed by atoms with van der Waals surface area (Å²) in [6, 6.07) is 14.0. The van der Waals surface area contributed by atoms with Crippen LogP contribution >= 0.6 is 58.0 Å². The first-order valence-electron chi connectivity index (χ1n) is 6.53. The average molecular weight is 404 g/mol. The summed E-state index contributed by atoms with van der Waals surface area (Å²) < 4.78 is 0. The number of benzene rings is 2. The predicted molar refractivity (Wildman–Crippen MR) is 100 cm³/mol. The van der Waals surface area contributed by atoms with Crippen LogP contribution in [0, 0.1) is 0 Å². The molecule has 1 nitrogen and oxygen atoms in total. The van der Waals surface area contributed by atoms with Crippen molar-refractivity contribution in [1.82, 2.24) is 4.98 Å². The minimum atomic E-state index is 0.308. The number of pyridine rings is 1. The van der Waals surface area contributed by atoms with E-state index in [1.807, 2.05) is 12.1 Å². The van der Waals surface area contributed by atoms with E-state index in [1.165, 1.54) is 0 Å². The third-order valence-corrected chi connectivity index (χ3v) is 4.69. The Kier molecular flexibility index (Phi) is 5.05. The van der Waals surface area contributed by atoms with Gasteiger partial charge >= 0.3 is 0 Å². The van der Waals surface area contributed by atoms with Gasteiger partial charge in [-0.25, -0.2) is 4.98 Å². The Morgan fingerprint density at radius 2 is 1.13 bits per heavy atom. The van der Waals surface area contributed by atoms with Crippen molar-refractivity contribution >= 4 is 58.0 Å². The molecule has 0 amide bonds. The Morgan fingerprint density at radius 1 is 0.565 bits per heavy atom. The van der Waals surface area contributed by atoms with E-state index in [2.05, 4.69) is 4.98 Å². The second kappa shape index (κ2) is 6.88. The number of rotatable bonds is 2. The monoisotopic (exact) mass is 401 g/mol. The Balaban J connectivity index is 2.11. The van der Waals surface area contributed by atoms with Crippen molar-refractivity contribution in [3.63, 3.8) is 0 Å². The molecule has 0 saturated carbocycles. The lowest BCUT2D eigenvalue weighted by molar-refractivity contribution is 1.32. The van der Waals surface area contributed by atoms with Crippen molar-refractivity contribution < 1.29 is 0 Å². The lowest BCUT2D eigenvalue weighted by atomic mass is 10.1. The first-order chi connectivity index (χ1) is 11.0. The fourth-order valence-corrected chi connectivity index (χ4v) is 3.22. The van der Waals surface area contributed by atoms with Crippen molar-refractivity contribution in [3.8, 4) is 22.4 Å². The summed E-state index contributed by atoms with van der Waals surface area (Å²) in [7, 11) is 0. The molecule has 0 aliphatic rings. The maximum Gasteiger partial charge on any atom is 0.137 e. The molecule has 1 heterocycles. The normalized spacial score (nSPS) is 10.8. The van der Waals surface area contributed by atoms with Crippen LogP contribution in [0.25, 0.3) is 22.4 Å². The summed E-state index contributed by atoms with van der Waals surface area (Å²) in [5.74, 6) is 0. The number of hydrogen-bond donors (Lipinski definition) is 0. The maximum atomic E-state index is 6.34. The van der Waals surface area contributed by atoms with Gasteiger partial charge in [0.2, 0.25) is 0 Å². The van der Waals surface area contributed by atoms with E-state index < -0.39 is 0 Å². The fraction of sp³-hybridized carbons (Fsp3) is 0. The first kappa shape index (κ1) is 16.9. The SMILES string of the molecule is Clc1ccc(Cl)c(-c2ccc(-c3cc(Cl)ccc3Cl)c(Cl)n2)c1. The van der Waals surface area contributed by atoms with Crippen molar-refractivity contribution in [2.45, 2.75) is 0 Å². The summed E-state index contributed by atoms with van der Waals surface area (Å²) in [5, 5.41) is 2.55. The molecule has 6 heteroatoms. The molecule has 0 bridgehead atoms.